The minimum Gasteiger partial charge on any atom is -1.00 e. The summed E-state index contributed by atoms with van der Waals surface area (Å²) in [6.45, 7) is 25.2. The van der Waals surface area contributed by atoms with E-state index in [-0.39, 0.29) is 41.5 Å². The van der Waals surface area contributed by atoms with Crippen LogP contribution in [0, 0.1) is 23.9 Å². The normalized spacial score (nSPS) is 15.2. The second kappa shape index (κ2) is 15.8. The Morgan fingerprint density at radius 3 is 1.88 bits per heavy atom. The molecular formula is C38H47Cl2FSiZr-2. The van der Waals surface area contributed by atoms with Crippen LogP contribution in [0.3, 0.4) is 0 Å². The van der Waals surface area contributed by atoms with E-state index in [0.717, 1.165) is 12.0 Å². The van der Waals surface area contributed by atoms with Crippen molar-refractivity contribution in [2.45, 2.75) is 92.3 Å². The standard InChI is InChI=1S/C21H25.C10H17Si.C7H5F.2ClH.Zr/c1-20(2,3)16-7-9-18-14(12-16)11-15-13-17(21(4,5)6)8-10-19(15)18;1-8-6-9(2)10(7-8)11(3,4)5;1-6-2-4-7(8)5-3-6;;;/h7-10,12H,11H2,1-6H3;7-8H,1-5H3;1-5H;2*1H;/q2*-1;;;;+2/p-2. The molecule has 0 saturated carbocycles. The molecule has 0 radical (unpaired) electrons. The summed E-state index contributed by atoms with van der Waals surface area (Å²) in [5.74, 6) is 0.383. The largest absolute Gasteiger partial charge is 1.00 e. The first-order valence-electron chi connectivity index (χ1n) is 14.7. The second-order valence-corrected chi connectivity index (χ2v) is 20.1. The van der Waals surface area contributed by atoms with E-state index in [1.807, 2.05) is 3.71 Å². The van der Waals surface area contributed by atoms with Crippen molar-refractivity contribution in [1.82, 2.24) is 0 Å². The minimum absolute atomic E-state index is 0. The molecule has 5 heteroatoms. The van der Waals surface area contributed by atoms with Crippen molar-refractivity contribution < 1.29 is 53.4 Å². The number of halogens is 3. The van der Waals surface area contributed by atoms with Gasteiger partial charge in [-0.1, -0.05) is 105 Å². The van der Waals surface area contributed by atoms with Gasteiger partial charge in [0.15, 0.2) is 0 Å². The average molecular weight is 713 g/mol. The van der Waals surface area contributed by atoms with Gasteiger partial charge in [0.05, 0.1) is 0 Å². The molecule has 0 saturated heterocycles. The molecule has 3 aromatic carbocycles. The third kappa shape index (κ3) is 10.9. The average Bonchev–Trinajstić information content (AvgIpc) is 3.42. The van der Waals surface area contributed by atoms with Gasteiger partial charge in [-0.15, -0.1) is 11.1 Å². The van der Waals surface area contributed by atoms with Crippen molar-refractivity contribution in [2.75, 3.05) is 0 Å². The van der Waals surface area contributed by atoms with Crippen molar-refractivity contribution in [1.29, 1.82) is 0 Å². The van der Waals surface area contributed by atoms with Crippen LogP contribution in [0.25, 0.3) is 11.1 Å². The Morgan fingerprint density at radius 2 is 1.44 bits per heavy atom. The number of rotatable bonds is 2. The van der Waals surface area contributed by atoms with Gasteiger partial charge < -0.3 is 24.8 Å². The van der Waals surface area contributed by atoms with E-state index < -0.39 is 8.07 Å². The molecule has 1 unspecified atom stereocenters. The zero-order valence-corrected chi connectivity index (χ0v) is 32.7. The Morgan fingerprint density at radius 1 is 0.860 bits per heavy atom. The van der Waals surface area contributed by atoms with Crippen molar-refractivity contribution in [3.8, 4) is 11.1 Å². The van der Waals surface area contributed by atoms with E-state index in [1.165, 1.54) is 75.3 Å². The molecule has 3 aromatic rings. The molecule has 2 aliphatic rings. The van der Waals surface area contributed by atoms with E-state index in [4.69, 9.17) is 0 Å². The fourth-order valence-corrected chi connectivity index (χ4v) is 7.66. The molecule has 0 heterocycles. The smallest absolute Gasteiger partial charge is 1.00 e. The maximum Gasteiger partial charge on any atom is -1.00 e. The fraction of sp³-hybridized carbons (Fsp3) is 0.395. The number of fused-ring (bicyclic) bond motifs is 3. The summed E-state index contributed by atoms with van der Waals surface area (Å²) in [6.07, 6.45) is 6.83. The van der Waals surface area contributed by atoms with Gasteiger partial charge in [-0.2, -0.15) is 29.8 Å². The Kier molecular flexibility index (Phi) is 14.5. The maximum absolute atomic E-state index is 12.2. The van der Waals surface area contributed by atoms with Gasteiger partial charge in [0, 0.05) is 0 Å². The molecular weight excluding hydrogens is 666 g/mol. The van der Waals surface area contributed by atoms with Gasteiger partial charge in [-0.3, -0.25) is 6.08 Å². The molecule has 5 rings (SSSR count). The van der Waals surface area contributed by atoms with Gasteiger partial charge in [0.2, 0.25) is 0 Å². The van der Waals surface area contributed by atoms with Crippen molar-refractivity contribution >= 4 is 11.8 Å². The summed E-state index contributed by atoms with van der Waals surface area (Å²) in [7, 11) is -1.07. The first-order chi connectivity index (χ1) is 18.9. The van der Waals surface area contributed by atoms with Crippen LogP contribution in [-0.4, -0.2) is 11.8 Å². The van der Waals surface area contributed by atoms with E-state index in [1.54, 1.807) is 17.3 Å². The predicted molar refractivity (Wildman–Crippen MR) is 176 cm³/mol. The molecule has 43 heavy (non-hydrogen) atoms. The van der Waals surface area contributed by atoms with Crippen LogP contribution in [0.15, 0.2) is 71.4 Å². The zero-order chi connectivity index (χ0) is 30.8. The summed E-state index contributed by atoms with van der Waals surface area (Å²) in [6, 6.07) is 21.6. The number of benzene rings is 3. The van der Waals surface area contributed by atoms with Crippen molar-refractivity contribution in [2.24, 2.45) is 5.92 Å². The summed E-state index contributed by atoms with van der Waals surface area (Å²) >= 11 is 1.34. The molecule has 0 nitrogen and oxygen atoms in total. The number of hydrogen-bond acceptors (Lipinski definition) is 0. The second-order valence-electron chi connectivity index (χ2n) is 14.4. The Hall–Kier alpha value is -1.38. The third-order valence-electron chi connectivity index (χ3n) is 7.57. The SMILES string of the molecule is CC(C)(C)c1[c-]c2c(cc1)-c1ccc(C(C)(C)C)cc1C2.CC1=[C-]C(C)C=C1[Si](C)(C)C.Fc1ccc([CH]=[Zr+2])cc1.[Cl-].[Cl-]. The summed E-state index contributed by atoms with van der Waals surface area (Å²) in [5.41, 5.74) is 11.2. The van der Waals surface area contributed by atoms with Crippen molar-refractivity contribution in [3.63, 3.8) is 0 Å². The van der Waals surface area contributed by atoms with E-state index in [2.05, 4.69) is 124 Å². The molecule has 0 aromatic heterocycles. The first kappa shape index (κ1) is 39.6. The van der Waals surface area contributed by atoms with Gasteiger partial charge in [-0.05, 0) is 36.5 Å². The van der Waals surface area contributed by atoms with Crippen LogP contribution in [0.1, 0.15) is 83.2 Å². The van der Waals surface area contributed by atoms with E-state index >= 15 is 0 Å². The molecule has 0 spiro atoms. The van der Waals surface area contributed by atoms with Crippen molar-refractivity contribution in [3.05, 3.63) is 117 Å². The van der Waals surface area contributed by atoms with Gasteiger partial charge in [0.25, 0.3) is 0 Å². The number of allylic oxidation sites excluding steroid dienone is 4. The quantitative estimate of drug-likeness (QED) is 0.214. The third-order valence-corrected chi connectivity index (χ3v) is 10.6. The van der Waals surface area contributed by atoms with Crippen LogP contribution in [-0.2, 0) is 41.5 Å². The summed E-state index contributed by atoms with van der Waals surface area (Å²) in [4.78, 5) is 0. The van der Waals surface area contributed by atoms with E-state index in [0.29, 0.717) is 5.92 Å². The first-order valence-corrected chi connectivity index (χ1v) is 19.6. The minimum atomic E-state index is -1.07. The Labute approximate surface area is 289 Å². The zero-order valence-electron chi connectivity index (χ0n) is 27.8. The maximum atomic E-state index is 12.2. The van der Waals surface area contributed by atoms with Crippen LogP contribution < -0.4 is 24.8 Å². The number of hydrogen-bond donors (Lipinski definition) is 0. The topological polar surface area (TPSA) is 0 Å². The van der Waals surface area contributed by atoms with Crippen LogP contribution in [0.5, 0.6) is 0 Å². The molecule has 0 N–H and O–H groups in total. The molecule has 1 atom stereocenters. The predicted octanol–water partition coefficient (Wildman–Crippen LogP) is 4.37. The van der Waals surface area contributed by atoms with Gasteiger partial charge in [-0.25, -0.2) is 10.8 Å². The molecule has 0 aliphatic heterocycles. The molecule has 0 fully saturated rings. The monoisotopic (exact) mass is 710 g/mol. The molecule has 230 valence electrons. The Bertz CT molecular complexity index is 1390. The molecule has 2 aliphatic carbocycles. The van der Waals surface area contributed by atoms with Crippen LogP contribution in [0.2, 0.25) is 19.6 Å². The summed E-state index contributed by atoms with van der Waals surface area (Å²) < 4.78 is 14.2. The van der Waals surface area contributed by atoms with E-state index in [9.17, 15) is 4.39 Å². The van der Waals surface area contributed by atoms with Crippen LogP contribution >= 0.6 is 0 Å². The molecule has 0 bridgehead atoms. The van der Waals surface area contributed by atoms with Gasteiger partial charge in [0.1, 0.15) is 0 Å². The van der Waals surface area contributed by atoms with Crippen LogP contribution in [0.4, 0.5) is 4.39 Å². The molecule has 0 amide bonds. The Balaban J connectivity index is 0.000000356. The van der Waals surface area contributed by atoms with Gasteiger partial charge >= 0.3 is 68.0 Å². The summed E-state index contributed by atoms with van der Waals surface area (Å²) in [5, 5.41) is 1.60. The fourth-order valence-electron chi connectivity index (χ4n) is 5.24.